The molecule has 1 saturated carbocycles. The van der Waals surface area contributed by atoms with Crippen molar-refractivity contribution in [3.8, 4) is 5.75 Å². The maximum atomic E-state index is 12.5. The van der Waals surface area contributed by atoms with Crippen LogP contribution in [0, 0.1) is 0 Å². The van der Waals surface area contributed by atoms with Crippen molar-refractivity contribution in [2.75, 3.05) is 0 Å². The minimum absolute atomic E-state index is 0.194. The molecule has 0 unspecified atom stereocenters. The topological polar surface area (TPSA) is 88.5 Å². The normalized spacial score (nSPS) is 15.2. The minimum atomic E-state index is -0.987. The molecule has 7 heteroatoms. The largest absolute Gasteiger partial charge is 0.484 e. The van der Waals surface area contributed by atoms with Crippen LogP contribution in [0.1, 0.15) is 62.9 Å². The number of hydrogen-bond acceptors (Lipinski definition) is 5. The predicted molar refractivity (Wildman–Crippen MR) is 114 cm³/mol. The zero-order valence-electron chi connectivity index (χ0n) is 16.4. The maximum absolute atomic E-state index is 12.5. The second-order valence-electron chi connectivity index (χ2n) is 7.45. The molecule has 1 aliphatic carbocycles. The fourth-order valence-electron chi connectivity index (χ4n) is 3.34. The fourth-order valence-corrected chi connectivity index (χ4v) is 3.84. The van der Waals surface area contributed by atoms with Crippen LogP contribution in [0.25, 0.3) is 0 Å². The van der Waals surface area contributed by atoms with Crippen molar-refractivity contribution in [1.29, 1.82) is 0 Å². The number of aromatic nitrogens is 1. The number of nitrogens with one attached hydrogen (secondary N) is 1. The van der Waals surface area contributed by atoms with Crippen molar-refractivity contribution in [1.82, 2.24) is 9.69 Å². The van der Waals surface area contributed by atoms with Crippen molar-refractivity contribution < 1.29 is 19.4 Å². The van der Waals surface area contributed by atoms with E-state index in [-0.39, 0.29) is 17.5 Å². The van der Waals surface area contributed by atoms with E-state index < -0.39 is 12.1 Å². The number of carbonyl (C=O) groups excluding carboxylic acids is 1. The summed E-state index contributed by atoms with van der Waals surface area (Å²) >= 11 is 1.14. The standard InChI is InChI=1S/C23H22N2O4S/c1-14(25-22(26)20-12-13-24-30-20)21(17-6-4-16(5-7-17)15-2-3-15)29-19-10-8-18(9-11-19)23(27)28/h4-15,21H,2-3H2,1H3,(H,25,26)(H,27,28)/t14-,21-/m0/s1. The first kappa shape index (κ1) is 20.1. The molecule has 0 aliphatic heterocycles. The SMILES string of the molecule is C[C@H](NC(=O)c1ccns1)[C@H](Oc1ccc(C(=O)O)cc1)c1ccc(C2CC2)cc1. The Hall–Kier alpha value is -3.19. The monoisotopic (exact) mass is 422 g/mol. The molecule has 0 radical (unpaired) electrons. The van der Waals surface area contributed by atoms with Gasteiger partial charge in [-0.25, -0.2) is 9.17 Å². The summed E-state index contributed by atoms with van der Waals surface area (Å²) < 4.78 is 10.2. The van der Waals surface area contributed by atoms with E-state index in [0.717, 1.165) is 17.1 Å². The number of rotatable bonds is 8. The lowest BCUT2D eigenvalue weighted by Gasteiger charge is -2.26. The Morgan fingerprint density at radius 3 is 2.37 bits per heavy atom. The summed E-state index contributed by atoms with van der Waals surface area (Å²) in [5.41, 5.74) is 2.46. The predicted octanol–water partition coefficient (Wildman–Crippen LogP) is 4.66. The zero-order valence-corrected chi connectivity index (χ0v) is 17.3. The molecular weight excluding hydrogens is 400 g/mol. The van der Waals surface area contributed by atoms with Gasteiger partial charge >= 0.3 is 5.97 Å². The number of carbonyl (C=O) groups is 2. The van der Waals surface area contributed by atoms with E-state index >= 15 is 0 Å². The molecule has 154 valence electrons. The Balaban J connectivity index is 1.56. The third kappa shape index (κ3) is 4.68. The molecule has 1 fully saturated rings. The first-order valence-corrected chi connectivity index (χ1v) is 10.6. The van der Waals surface area contributed by atoms with Crippen LogP contribution in [0.15, 0.2) is 60.8 Å². The summed E-state index contributed by atoms with van der Waals surface area (Å²) in [5.74, 6) is 0.00831. The van der Waals surface area contributed by atoms with Gasteiger partial charge in [-0.05, 0) is 78.7 Å². The third-order valence-electron chi connectivity index (χ3n) is 5.15. The third-order valence-corrected chi connectivity index (χ3v) is 5.90. The van der Waals surface area contributed by atoms with Crippen LogP contribution in [0.5, 0.6) is 5.75 Å². The summed E-state index contributed by atoms with van der Waals surface area (Å²) in [6.07, 6.45) is 3.62. The van der Waals surface area contributed by atoms with Crippen molar-refractivity contribution >= 4 is 23.4 Å². The Bertz CT molecular complexity index is 1010. The number of benzene rings is 2. The average Bonchev–Trinajstić information content (AvgIpc) is 3.45. The molecule has 30 heavy (non-hydrogen) atoms. The molecule has 0 bridgehead atoms. The lowest BCUT2D eigenvalue weighted by molar-refractivity contribution is 0.0696. The molecule has 0 spiro atoms. The summed E-state index contributed by atoms with van der Waals surface area (Å²) in [6, 6.07) is 15.9. The van der Waals surface area contributed by atoms with Gasteiger partial charge in [0.05, 0.1) is 11.6 Å². The molecule has 6 nitrogen and oxygen atoms in total. The fraction of sp³-hybridized carbons (Fsp3) is 0.261. The van der Waals surface area contributed by atoms with E-state index in [9.17, 15) is 9.59 Å². The molecule has 1 aliphatic rings. The number of hydrogen-bond donors (Lipinski definition) is 2. The highest BCUT2D eigenvalue weighted by atomic mass is 32.1. The van der Waals surface area contributed by atoms with Gasteiger partial charge in [0.25, 0.3) is 5.91 Å². The molecule has 4 rings (SSSR count). The quantitative estimate of drug-likeness (QED) is 0.551. The van der Waals surface area contributed by atoms with Crippen LogP contribution in [-0.2, 0) is 0 Å². The van der Waals surface area contributed by atoms with Crippen molar-refractivity contribution in [2.24, 2.45) is 0 Å². The highest BCUT2D eigenvalue weighted by Crippen LogP contribution is 2.40. The Labute approximate surface area is 178 Å². The molecule has 2 aromatic carbocycles. The number of carboxylic acids is 1. The smallest absolute Gasteiger partial charge is 0.335 e. The highest BCUT2D eigenvalue weighted by Gasteiger charge is 2.26. The maximum Gasteiger partial charge on any atom is 0.335 e. The number of nitrogens with zero attached hydrogens (tertiary/aromatic N) is 1. The van der Waals surface area contributed by atoms with Crippen LogP contribution >= 0.6 is 11.5 Å². The molecule has 1 heterocycles. The Kier molecular flexibility index (Phi) is 5.81. The summed E-state index contributed by atoms with van der Waals surface area (Å²) in [4.78, 5) is 24.1. The van der Waals surface area contributed by atoms with E-state index in [1.807, 2.05) is 19.1 Å². The van der Waals surface area contributed by atoms with Gasteiger partial charge in [0.15, 0.2) is 0 Å². The summed E-state index contributed by atoms with van der Waals surface area (Å²) in [6.45, 7) is 1.89. The minimum Gasteiger partial charge on any atom is -0.484 e. The molecule has 3 aromatic rings. The number of carboxylic acid groups (broad SMARTS) is 1. The van der Waals surface area contributed by atoms with Crippen molar-refractivity contribution in [2.45, 2.75) is 37.8 Å². The van der Waals surface area contributed by atoms with Gasteiger partial charge in [0.1, 0.15) is 16.7 Å². The van der Waals surface area contributed by atoms with Crippen molar-refractivity contribution in [3.05, 3.63) is 82.4 Å². The summed E-state index contributed by atoms with van der Waals surface area (Å²) in [7, 11) is 0. The molecular formula is C23H22N2O4S. The molecule has 2 atom stereocenters. The van der Waals surface area contributed by atoms with Gasteiger partial charge < -0.3 is 15.2 Å². The summed E-state index contributed by atoms with van der Waals surface area (Å²) in [5, 5.41) is 12.1. The van der Waals surface area contributed by atoms with Crippen molar-refractivity contribution in [3.63, 3.8) is 0 Å². The van der Waals surface area contributed by atoms with Crippen LogP contribution < -0.4 is 10.1 Å². The van der Waals surface area contributed by atoms with Crippen LogP contribution in [0.4, 0.5) is 0 Å². The van der Waals surface area contributed by atoms with Crippen LogP contribution in [0.3, 0.4) is 0 Å². The van der Waals surface area contributed by atoms with Gasteiger partial charge in [-0.2, -0.15) is 0 Å². The average molecular weight is 423 g/mol. The van der Waals surface area contributed by atoms with E-state index in [2.05, 4.69) is 21.8 Å². The van der Waals surface area contributed by atoms with Gasteiger partial charge in [-0.3, -0.25) is 4.79 Å². The van der Waals surface area contributed by atoms with Gasteiger partial charge in [-0.15, -0.1) is 0 Å². The lowest BCUT2D eigenvalue weighted by Crippen LogP contribution is -2.39. The van der Waals surface area contributed by atoms with Gasteiger partial charge in [0, 0.05) is 6.20 Å². The number of amides is 1. The van der Waals surface area contributed by atoms with Crippen LogP contribution in [0.2, 0.25) is 0 Å². The highest BCUT2D eigenvalue weighted by molar-refractivity contribution is 7.08. The molecule has 1 aromatic heterocycles. The Morgan fingerprint density at radius 2 is 1.80 bits per heavy atom. The molecule has 1 amide bonds. The van der Waals surface area contributed by atoms with E-state index in [1.54, 1.807) is 24.4 Å². The van der Waals surface area contributed by atoms with E-state index in [4.69, 9.17) is 9.84 Å². The zero-order chi connectivity index (χ0) is 21.1. The van der Waals surface area contributed by atoms with Gasteiger partial charge in [-0.1, -0.05) is 24.3 Å². The number of aromatic carboxylic acids is 1. The van der Waals surface area contributed by atoms with Gasteiger partial charge in [0.2, 0.25) is 0 Å². The first-order chi connectivity index (χ1) is 14.5. The molecule has 0 saturated heterocycles. The second kappa shape index (κ2) is 8.67. The second-order valence-corrected chi connectivity index (χ2v) is 8.28. The first-order valence-electron chi connectivity index (χ1n) is 9.82. The molecule has 2 N–H and O–H groups in total. The number of ether oxygens (including phenoxy) is 1. The van der Waals surface area contributed by atoms with Crippen LogP contribution in [-0.4, -0.2) is 27.4 Å². The lowest BCUT2D eigenvalue weighted by atomic mass is 10.00. The Morgan fingerprint density at radius 1 is 1.10 bits per heavy atom. The van der Waals surface area contributed by atoms with E-state index in [0.29, 0.717) is 16.5 Å². The van der Waals surface area contributed by atoms with E-state index in [1.165, 1.54) is 30.5 Å².